The van der Waals surface area contributed by atoms with Gasteiger partial charge in [0.15, 0.2) is 5.13 Å². The first-order chi connectivity index (χ1) is 12.1. The number of thiophene rings is 1. The van der Waals surface area contributed by atoms with Crippen LogP contribution < -0.4 is 5.32 Å². The third-order valence-electron chi connectivity index (χ3n) is 3.62. The molecule has 9 heteroatoms. The van der Waals surface area contributed by atoms with Crippen molar-refractivity contribution in [3.05, 3.63) is 46.2 Å². The Morgan fingerprint density at radius 3 is 2.92 bits per heavy atom. The summed E-state index contributed by atoms with van der Waals surface area (Å²) < 4.78 is 1.54. The summed E-state index contributed by atoms with van der Waals surface area (Å²) in [6.07, 6.45) is 2.64. The monoisotopic (exact) mass is 370 g/mol. The van der Waals surface area contributed by atoms with E-state index in [1.54, 1.807) is 22.0 Å². The molecule has 0 aliphatic heterocycles. The Kier molecular flexibility index (Phi) is 4.02. The Balaban J connectivity index is 1.55. The Morgan fingerprint density at radius 1 is 1.28 bits per heavy atom. The minimum atomic E-state index is -0.397. The zero-order valence-electron chi connectivity index (χ0n) is 13.6. The maximum atomic E-state index is 12.4. The highest BCUT2D eigenvalue weighted by molar-refractivity contribution is 7.17. The lowest BCUT2D eigenvalue weighted by molar-refractivity contribution is 0.101. The third kappa shape index (κ3) is 3.03. The summed E-state index contributed by atoms with van der Waals surface area (Å²) in [6.45, 7) is 4.00. The number of hydrogen-bond acceptors (Lipinski definition) is 7. The number of nitrogens with zero attached hydrogens (tertiary/aromatic N) is 5. The molecule has 4 aromatic rings. The number of carbonyl (C=O) groups excluding carboxylic acids is 1. The first-order valence-electron chi connectivity index (χ1n) is 7.68. The highest BCUT2D eigenvalue weighted by atomic mass is 32.1. The molecule has 0 aliphatic carbocycles. The Hall–Kier alpha value is -2.65. The zero-order chi connectivity index (χ0) is 17.4. The van der Waals surface area contributed by atoms with Crippen molar-refractivity contribution < 1.29 is 4.79 Å². The van der Waals surface area contributed by atoms with Gasteiger partial charge in [0, 0.05) is 22.1 Å². The minimum absolute atomic E-state index is 0.0722. The number of amides is 1. The molecule has 1 amide bonds. The summed E-state index contributed by atoms with van der Waals surface area (Å²) in [6, 6.07) is 5.97. The average Bonchev–Trinajstić information content (AvgIpc) is 3.33. The molecule has 0 aromatic carbocycles. The Bertz CT molecular complexity index is 1060. The number of hydrogen-bond donors (Lipinski definition) is 1. The van der Waals surface area contributed by atoms with Crippen molar-refractivity contribution in [1.82, 2.24) is 24.6 Å². The number of aryl methyl sites for hydroxylation is 2. The van der Waals surface area contributed by atoms with Crippen molar-refractivity contribution in [2.24, 2.45) is 0 Å². The van der Waals surface area contributed by atoms with Crippen LogP contribution in [0.1, 0.15) is 28.1 Å². The molecule has 0 atom stereocenters. The molecule has 0 aliphatic rings. The molecule has 0 fully saturated rings. The third-order valence-corrected chi connectivity index (χ3v) is 5.63. The predicted octanol–water partition coefficient (Wildman–Crippen LogP) is 3.43. The lowest BCUT2D eigenvalue weighted by Crippen LogP contribution is -2.13. The summed E-state index contributed by atoms with van der Waals surface area (Å²) in [5.41, 5.74) is 1.72. The summed E-state index contributed by atoms with van der Waals surface area (Å²) in [5, 5.41) is 9.41. The van der Waals surface area contributed by atoms with Crippen LogP contribution in [0.4, 0.5) is 5.13 Å². The van der Waals surface area contributed by atoms with E-state index in [4.69, 9.17) is 0 Å². The molecule has 7 nitrogen and oxygen atoms in total. The van der Waals surface area contributed by atoms with Crippen LogP contribution in [-0.4, -0.2) is 30.5 Å². The molecular weight excluding hydrogens is 356 g/mol. The fourth-order valence-electron chi connectivity index (χ4n) is 2.31. The van der Waals surface area contributed by atoms with Crippen LogP contribution in [0, 0.1) is 6.92 Å². The largest absolute Gasteiger partial charge is 0.297 e. The van der Waals surface area contributed by atoms with Gasteiger partial charge in [0.2, 0.25) is 5.82 Å². The molecule has 0 bridgehead atoms. The molecule has 4 aromatic heterocycles. The van der Waals surface area contributed by atoms with Gasteiger partial charge in [-0.1, -0.05) is 6.92 Å². The lowest BCUT2D eigenvalue weighted by atomic mass is 10.3. The lowest BCUT2D eigenvalue weighted by Gasteiger charge is -1.96. The maximum Gasteiger partial charge on any atom is 0.297 e. The van der Waals surface area contributed by atoms with E-state index >= 15 is 0 Å². The van der Waals surface area contributed by atoms with Crippen LogP contribution in [0.25, 0.3) is 16.3 Å². The molecule has 126 valence electrons. The summed E-state index contributed by atoms with van der Waals surface area (Å²) >= 11 is 3.09. The van der Waals surface area contributed by atoms with Gasteiger partial charge in [-0.05, 0) is 31.5 Å². The highest BCUT2D eigenvalue weighted by Crippen LogP contribution is 2.31. The van der Waals surface area contributed by atoms with E-state index in [2.05, 4.69) is 44.4 Å². The number of nitrogens with one attached hydrogen (secondary N) is 1. The maximum absolute atomic E-state index is 12.4. The van der Waals surface area contributed by atoms with Gasteiger partial charge in [-0.15, -0.1) is 27.8 Å². The molecule has 4 rings (SSSR count). The van der Waals surface area contributed by atoms with Crippen molar-refractivity contribution in [1.29, 1.82) is 0 Å². The second kappa shape index (κ2) is 6.34. The molecule has 0 radical (unpaired) electrons. The average molecular weight is 370 g/mol. The minimum Gasteiger partial charge on any atom is -0.295 e. The van der Waals surface area contributed by atoms with Gasteiger partial charge < -0.3 is 0 Å². The van der Waals surface area contributed by atoms with E-state index in [1.807, 2.05) is 18.4 Å². The van der Waals surface area contributed by atoms with Gasteiger partial charge in [0.05, 0.1) is 10.6 Å². The highest BCUT2D eigenvalue weighted by Gasteiger charge is 2.16. The first kappa shape index (κ1) is 15.9. The van der Waals surface area contributed by atoms with Crippen molar-refractivity contribution in [2.45, 2.75) is 20.3 Å². The fourth-order valence-corrected chi connectivity index (χ4v) is 3.99. The standard InChI is InChI=1S/C16H14N6OS2/c1-3-10-4-5-12(25-10)11-8-24-16(18-11)20-14(23)13-19-15-17-7-6-9(2)22(15)21-13/h4-8H,3H2,1-2H3,(H,18,20,23). The van der Waals surface area contributed by atoms with Crippen LogP contribution in [0.5, 0.6) is 0 Å². The van der Waals surface area contributed by atoms with E-state index in [0.717, 1.165) is 22.7 Å². The van der Waals surface area contributed by atoms with Gasteiger partial charge in [-0.2, -0.15) is 4.98 Å². The van der Waals surface area contributed by atoms with Gasteiger partial charge in [0.25, 0.3) is 11.7 Å². The number of thiazole rings is 1. The van der Waals surface area contributed by atoms with Crippen molar-refractivity contribution in [3.63, 3.8) is 0 Å². The molecule has 0 saturated heterocycles. The summed E-state index contributed by atoms with van der Waals surface area (Å²) in [7, 11) is 0. The normalized spacial score (nSPS) is 11.1. The van der Waals surface area contributed by atoms with Crippen LogP contribution in [0.2, 0.25) is 0 Å². The predicted molar refractivity (Wildman–Crippen MR) is 98.3 cm³/mol. The van der Waals surface area contributed by atoms with E-state index in [1.165, 1.54) is 16.2 Å². The van der Waals surface area contributed by atoms with Crippen LogP contribution in [-0.2, 0) is 6.42 Å². The number of carbonyl (C=O) groups is 1. The molecule has 0 saturated carbocycles. The molecule has 25 heavy (non-hydrogen) atoms. The zero-order valence-corrected chi connectivity index (χ0v) is 15.2. The smallest absolute Gasteiger partial charge is 0.295 e. The Morgan fingerprint density at radius 2 is 2.16 bits per heavy atom. The fraction of sp³-hybridized carbons (Fsp3) is 0.188. The molecule has 4 heterocycles. The van der Waals surface area contributed by atoms with E-state index in [-0.39, 0.29) is 5.82 Å². The van der Waals surface area contributed by atoms with E-state index in [9.17, 15) is 4.79 Å². The summed E-state index contributed by atoms with van der Waals surface area (Å²) in [4.78, 5) is 27.5. The topological polar surface area (TPSA) is 85.1 Å². The number of rotatable bonds is 4. The van der Waals surface area contributed by atoms with Crippen molar-refractivity contribution in [3.8, 4) is 10.6 Å². The SMILES string of the molecule is CCc1ccc(-c2csc(NC(=O)c3nc4nccc(C)n4n3)n2)s1. The molecule has 1 N–H and O–H groups in total. The second-order valence-corrected chi connectivity index (χ2v) is 7.37. The molecule has 0 unspecified atom stereocenters. The Labute approximate surface area is 151 Å². The van der Waals surface area contributed by atoms with Crippen LogP contribution >= 0.6 is 22.7 Å². The molecular formula is C16H14N6OS2. The summed E-state index contributed by atoms with van der Waals surface area (Å²) in [5.74, 6) is 0.0739. The second-order valence-electron chi connectivity index (χ2n) is 5.34. The van der Waals surface area contributed by atoms with Gasteiger partial charge >= 0.3 is 0 Å². The van der Waals surface area contributed by atoms with E-state index in [0.29, 0.717) is 10.9 Å². The number of aromatic nitrogens is 5. The van der Waals surface area contributed by atoms with Crippen molar-refractivity contribution in [2.75, 3.05) is 5.32 Å². The first-order valence-corrected chi connectivity index (χ1v) is 9.38. The molecule has 0 spiro atoms. The van der Waals surface area contributed by atoms with Crippen LogP contribution in [0.15, 0.2) is 29.8 Å². The van der Waals surface area contributed by atoms with Gasteiger partial charge in [-0.25, -0.2) is 14.5 Å². The van der Waals surface area contributed by atoms with E-state index < -0.39 is 5.91 Å². The number of fused-ring (bicyclic) bond motifs is 1. The number of anilines is 1. The quantitative estimate of drug-likeness (QED) is 0.595. The van der Waals surface area contributed by atoms with Crippen molar-refractivity contribution >= 4 is 39.5 Å². The van der Waals surface area contributed by atoms with Gasteiger partial charge in [-0.3, -0.25) is 10.1 Å². The van der Waals surface area contributed by atoms with Crippen LogP contribution in [0.3, 0.4) is 0 Å². The van der Waals surface area contributed by atoms with Gasteiger partial charge in [0.1, 0.15) is 0 Å².